The second-order valence-electron chi connectivity index (χ2n) is 7.42. The lowest BCUT2D eigenvalue weighted by molar-refractivity contribution is 0.102. The number of rotatable bonds is 6. The fourth-order valence-corrected chi connectivity index (χ4v) is 3.31. The van der Waals surface area contributed by atoms with Gasteiger partial charge in [-0.05, 0) is 24.3 Å². The zero-order chi connectivity index (χ0) is 26.2. The Labute approximate surface area is 207 Å². The first-order chi connectivity index (χ1) is 17.3. The highest BCUT2D eigenvalue weighted by atomic mass is 16.5. The number of carbonyl (C=O) groups is 2. The van der Waals surface area contributed by atoms with Gasteiger partial charge in [-0.1, -0.05) is 60.7 Å². The molecule has 4 aromatic rings. The molecule has 0 aliphatic heterocycles. The van der Waals surface area contributed by atoms with Gasteiger partial charge >= 0.3 is 0 Å². The minimum Gasteiger partial charge on any atom is -0.504 e. The van der Waals surface area contributed by atoms with Crippen LogP contribution in [0.1, 0.15) is 31.8 Å². The van der Waals surface area contributed by atoms with E-state index in [-0.39, 0.29) is 34.2 Å². The second-order valence-corrected chi connectivity index (χ2v) is 7.42. The van der Waals surface area contributed by atoms with Crippen molar-refractivity contribution < 1.29 is 39.5 Å². The van der Waals surface area contributed by atoms with Crippen molar-refractivity contribution in [3.8, 4) is 34.5 Å². The number of methoxy groups -OCH3 is 2. The van der Waals surface area contributed by atoms with Crippen LogP contribution in [0.3, 0.4) is 0 Å². The molecule has 0 radical (unpaired) electrons. The van der Waals surface area contributed by atoms with E-state index in [9.17, 15) is 30.0 Å². The molecule has 0 amide bonds. The Morgan fingerprint density at radius 1 is 0.500 bits per heavy atom. The molecular weight excluding hydrogens is 464 g/mol. The number of carbonyl (C=O) groups excluding carboxylic acids is 2. The lowest BCUT2D eigenvalue weighted by Gasteiger charge is -2.09. The monoisotopic (exact) mass is 488 g/mol. The Morgan fingerprint density at radius 3 is 1.14 bits per heavy atom. The highest BCUT2D eigenvalue weighted by molar-refractivity contribution is 6.11. The molecule has 8 heteroatoms. The molecule has 0 unspecified atom stereocenters. The Bertz CT molecular complexity index is 1260. The van der Waals surface area contributed by atoms with Crippen molar-refractivity contribution in [2.75, 3.05) is 14.2 Å². The van der Waals surface area contributed by atoms with Crippen molar-refractivity contribution in [2.45, 2.75) is 0 Å². The molecule has 8 nitrogen and oxygen atoms in total. The molecule has 4 aromatic carbocycles. The van der Waals surface area contributed by atoms with Gasteiger partial charge in [-0.25, -0.2) is 0 Å². The molecule has 0 spiro atoms. The average Bonchev–Trinajstić information content (AvgIpc) is 2.92. The molecule has 0 saturated carbocycles. The van der Waals surface area contributed by atoms with Gasteiger partial charge in [0, 0.05) is 11.1 Å². The first kappa shape index (κ1) is 25.6. The Balaban J connectivity index is 0.000000201. The summed E-state index contributed by atoms with van der Waals surface area (Å²) in [6, 6.07) is 22.8. The van der Waals surface area contributed by atoms with Crippen molar-refractivity contribution in [2.24, 2.45) is 0 Å². The SMILES string of the molecule is COc1ccc(C(=O)c2ccccc2)c(O)c1O.COc1ccc(C(=O)c2ccccc2)c(O)c1O. The van der Waals surface area contributed by atoms with E-state index in [2.05, 4.69) is 0 Å². The molecule has 0 aliphatic rings. The maximum absolute atomic E-state index is 12.1. The van der Waals surface area contributed by atoms with Crippen LogP contribution in [0.25, 0.3) is 0 Å². The predicted octanol–water partition coefficient (Wildman–Crippen LogP) is 4.67. The van der Waals surface area contributed by atoms with E-state index in [1.165, 1.54) is 38.5 Å². The predicted molar refractivity (Wildman–Crippen MR) is 132 cm³/mol. The molecule has 0 fully saturated rings. The fourth-order valence-electron chi connectivity index (χ4n) is 3.31. The summed E-state index contributed by atoms with van der Waals surface area (Å²) in [5.41, 5.74) is 0.966. The number of hydrogen-bond acceptors (Lipinski definition) is 8. The molecule has 184 valence electrons. The van der Waals surface area contributed by atoms with Crippen molar-refractivity contribution in [3.05, 3.63) is 107 Å². The molecule has 36 heavy (non-hydrogen) atoms. The highest BCUT2D eigenvalue weighted by Crippen LogP contribution is 2.39. The van der Waals surface area contributed by atoms with Crippen LogP contribution in [-0.4, -0.2) is 46.2 Å². The van der Waals surface area contributed by atoms with Gasteiger partial charge in [0.1, 0.15) is 0 Å². The molecule has 0 heterocycles. The van der Waals surface area contributed by atoms with E-state index in [1.54, 1.807) is 60.7 Å². The van der Waals surface area contributed by atoms with Crippen LogP contribution in [0.4, 0.5) is 0 Å². The van der Waals surface area contributed by atoms with Crippen molar-refractivity contribution >= 4 is 11.6 Å². The fraction of sp³-hybridized carbons (Fsp3) is 0.0714. The maximum Gasteiger partial charge on any atom is 0.201 e. The summed E-state index contributed by atoms with van der Waals surface area (Å²) in [6.45, 7) is 0. The number of benzene rings is 4. The molecule has 0 saturated heterocycles. The van der Waals surface area contributed by atoms with Gasteiger partial charge in [0.05, 0.1) is 25.3 Å². The Hall–Kier alpha value is -4.98. The summed E-state index contributed by atoms with van der Waals surface area (Å²) in [7, 11) is 2.74. The molecule has 0 aromatic heterocycles. The molecular formula is C28H24O8. The Morgan fingerprint density at radius 2 is 0.833 bits per heavy atom. The third-order valence-electron chi connectivity index (χ3n) is 5.23. The Kier molecular flexibility index (Phi) is 8.14. The quantitative estimate of drug-likeness (QED) is 0.227. The van der Waals surface area contributed by atoms with Crippen LogP contribution in [0.2, 0.25) is 0 Å². The van der Waals surface area contributed by atoms with E-state index in [0.29, 0.717) is 11.1 Å². The number of phenols is 4. The van der Waals surface area contributed by atoms with Crippen LogP contribution in [0.5, 0.6) is 34.5 Å². The number of phenolic OH excluding ortho intramolecular Hbond substituents is 4. The van der Waals surface area contributed by atoms with Gasteiger partial charge in [0.2, 0.25) is 11.5 Å². The van der Waals surface area contributed by atoms with Crippen molar-refractivity contribution in [3.63, 3.8) is 0 Å². The van der Waals surface area contributed by atoms with E-state index in [1.807, 2.05) is 0 Å². The first-order valence-electron chi connectivity index (χ1n) is 10.7. The molecule has 0 atom stereocenters. The zero-order valence-corrected chi connectivity index (χ0v) is 19.5. The summed E-state index contributed by atoms with van der Waals surface area (Å²) >= 11 is 0. The largest absolute Gasteiger partial charge is 0.504 e. The minimum absolute atomic E-state index is 0.0412. The normalized spacial score (nSPS) is 10.1. The van der Waals surface area contributed by atoms with Crippen LogP contribution < -0.4 is 9.47 Å². The number of ether oxygens (including phenoxy) is 2. The third kappa shape index (κ3) is 5.39. The topological polar surface area (TPSA) is 134 Å². The van der Waals surface area contributed by atoms with Gasteiger partial charge in [-0.15, -0.1) is 0 Å². The average molecular weight is 488 g/mol. The highest BCUT2D eigenvalue weighted by Gasteiger charge is 2.20. The van der Waals surface area contributed by atoms with E-state index in [0.717, 1.165) is 0 Å². The molecule has 0 aliphatic carbocycles. The van der Waals surface area contributed by atoms with Crippen LogP contribution >= 0.6 is 0 Å². The first-order valence-corrected chi connectivity index (χ1v) is 10.7. The summed E-state index contributed by atoms with van der Waals surface area (Å²) in [5, 5.41) is 38.9. The number of hydrogen-bond donors (Lipinski definition) is 4. The standard InChI is InChI=1S/2C14H12O4/c2*1-18-11-8-7-10(13(16)14(11)17)12(15)9-5-3-2-4-6-9/h2*2-8,16-17H,1H3. The zero-order valence-electron chi connectivity index (χ0n) is 19.5. The third-order valence-corrected chi connectivity index (χ3v) is 5.23. The van der Waals surface area contributed by atoms with Gasteiger partial charge in [-0.2, -0.15) is 0 Å². The molecule has 0 bridgehead atoms. The number of aromatic hydroxyl groups is 4. The second kappa shape index (κ2) is 11.4. The smallest absolute Gasteiger partial charge is 0.201 e. The summed E-state index contributed by atoms with van der Waals surface area (Å²) in [4.78, 5) is 24.2. The number of ketones is 2. The van der Waals surface area contributed by atoms with Gasteiger partial charge in [0.15, 0.2) is 34.6 Å². The van der Waals surface area contributed by atoms with Crippen molar-refractivity contribution in [1.82, 2.24) is 0 Å². The van der Waals surface area contributed by atoms with Crippen LogP contribution in [0.15, 0.2) is 84.9 Å². The maximum atomic E-state index is 12.1. The van der Waals surface area contributed by atoms with Crippen LogP contribution in [-0.2, 0) is 0 Å². The summed E-state index contributed by atoms with van der Waals surface area (Å²) < 4.78 is 9.69. The lowest BCUT2D eigenvalue weighted by Crippen LogP contribution is -2.01. The lowest BCUT2D eigenvalue weighted by atomic mass is 10.0. The van der Waals surface area contributed by atoms with E-state index >= 15 is 0 Å². The van der Waals surface area contributed by atoms with E-state index in [4.69, 9.17) is 9.47 Å². The molecule has 4 N–H and O–H groups in total. The van der Waals surface area contributed by atoms with Gasteiger partial charge < -0.3 is 29.9 Å². The van der Waals surface area contributed by atoms with Crippen LogP contribution in [0, 0.1) is 0 Å². The van der Waals surface area contributed by atoms with Gasteiger partial charge in [-0.3, -0.25) is 9.59 Å². The van der Waals surface area contributed by atoms with Crippen molar-refractivity contribution in [1.29, 1.82) is 0 Å². The van der Waals surface area contributed by atoms with E-state index < -0.39 is 23.0 Å². The minimum atomic E-state index is -0.469. The summed E-state index contributed by atoms with van der Waals surface area (Å²) in [6.07, 6.45) is 0. The summed E-state index contributed by atoms with van der Waals surface area (Å²) in [5.74, 6) is -2.27. The molecule has 4 rings (SSSR count). The van der Waals surface area contributed by atoms with Gasteiger partial charge in [0.25, 0.3) is 0 Å².